The molecule has 2 saturated heterocycles. The predicted molar refractivity (Wildman–Crippen MR) is 81.3 cm³/mol. The molecular formula is C16H18N4O2. The number of hydrogen-bond acceptors (Lipinski definition) is 5. The van der Waals surface area contributed by atoms with Crippen molar-refractivity contribution in [3.05, 3.63) is 30.3 Å². The van der Waals surface area contributed by atoms with Gasteiger partial charge in [0, 0.05) is 24.7 Å². The van der Waals surface area contributed by atoms with Gasteiger partial charge in [0.2, 0.25) is 5.91 Å². The minimum absolute atomic E-state index is 0.166. The first kappa shape index (κ1) is 13.3. The first-order valence-electron chi connectivity index (χ1n) is 7.70. The fourth-order valence-electron chi connectivity index (χ4n) is 3.36. The van der Waals surface area contributed by atoms with Crippen LogP contribution in [0.2, 0.25) is 0 Å². The van der Waals surface area contributed by atoms with Crippen LogP contribution in [-0.2, 0) is 4.79 Å². The highest BCUT2D eigenvalue weighted by Crippen LogP contribution is 2.29. The van der Waals surface area contributed by atoms with Crippen molar-refractivity contribution in [1.29, 1.82) is 0 Å². The number of benzene rings is 1. The number of carbonyl (C=O) groups excluding carboxylic acids is 1. The lowest BCUT2D eigenvalue weighted by atomic mass is 10.1. The van der Waals surface area contributed by atoms with Crippen molar-refractivity contribution in [2.75, 3.05) is 18.0 Å². The van der Waals surface area contributed by atoms with Crippen LogP contribution in [0.5, 0.6) is 0 Å². The fraction of sp³-hybridized carbons (Fsp3) is 0.438. The molecule has 2 aromatic rings. The lowest BCUT2D eigenvalue weighted by molar-refractivity contribution is -0.134. The molecule has 0 saturated carbocycles. The van der Waals surface area contributed by atoms with Gasteiger partial charge in [0.25, 0.3) is 11.8 Å². The van der Waals surface area contributed by atoms with Gasteiger partial charge in [0.05, 0.1) is 0 Å². The number of carbonyl (C=O) groups is 1. The summed E-state index contributed by atoms with van der Waals surface area (Å²) in [5, 5.41) is 4.08. The zero-order valence-electron chi connectivity index (χ0n) is 12.5. The number of piperazine rings is 1. The van der Waals surface area contributed by atoms with Crippen molar-refractivity contribution in [2.45, 2.75) is 31.8 Å². The lowest BCUT2D eigenvalue weighted by Crippen LogP contribution is -2.59. The summed E-state index contributed by atoms with van der Waals surface area (Å²) in [6.07, 6.45) is 2.14. The molecule has 2 aliphatic rings. The normalized spacial score (nSPS) is 24.7. The van der Waals surface area contributed by atoms with Gasteiger partial charge in [-0.05, 0) is 37.1 Å². The molecule has 1 aromatic heterocycles. The van der Waals surface area contributed by atoms with Crippen molar-refractivity contribution in [3.8, 4) is 11.5 Å². The molecule has 114 valence electrons. The molecule has 22 heavy (non-hydrogen) atoms. The van der Waals surface area contributed by atoms with Crippen LogP contribution in [0, 0.1) is 0 Å². The van der Waals surface area contributed by atoms with Crippen LogP contribution in [0.15, 0.2) is 34.9 Å². The molecule has 2 atom stereocenters. The van der Waals surface area contributed by atoms with Gasteiger partial charge in [-0.25, -0.2) is 0 Å². The summed E-state index contributed by atoms with van der Waals surface area (Å²) in [7, 11) is 0. The van der Waals surface area contributed by atoms with Crippen LogP contribution in [0.4, 0.5) is 5.95 Å². The highest BCUT2D eigenvalue weighted by molar-refractivity contribution is 5.86. The van der Waals surface area contributed by atoms with Crippen LogP contribution in [0.3, 0.4) is 0 Å². The zero-order chi connectivity index (χ0) is 15.1. The van der Waals surface area contributed by atoms with Gasteiger partial charge >= 0.3 is 0 Å². The Hall–Kier alpha value is -2.37. The van der Waals surface area contributed by atoms with E-state index in [4.69, 9.17) is 4.52 Å². The predicted octanol–water partition coefficient (Wildman–Crippen LogP) is 1.94. The van der Waals surface area contributed by atoms with Gasteiger partial charge in [-0.1, -0.05) is 18.2 Å². The number of anilines is 1. The molecule has 3 heterocycles. The molecule has 1 amide bonds. The maximum absolute atomic E-state index is 12.5. The maximum atomic E-state index is 12.5. The smallest absolute Gasteiger partial charge is 0.267 e. The highest BCUT2D eigenvalue weighted by atomic mass is 16.5. The van der Waals surface area contributed by atoms with E-state index in [1.807, 2.05) is 47.1 Å². The standard InChI is InChI=1S/C16H18N4O2/c1-11-15(21)19-9-5-8-13(19)10-20(11)16-17-14(22-18-16)12-6-3-2-4-7-12/h2-4,6-7,11,13H,5,8-10H2,1H3/t11-,13-/m1/s1. The molecule has 0 aliphatic carbocycles. The Morgan fingerprint density at radius 3 is 2.86 bits per heavy atom. The molecule has 0 N–H and O–H groups in total. The Balaban J connectivity index is 1.62. The summed E-state index contributed by atoms with van der Waals surface area (Å²) >= 11 is 0. The number of nitrogens with zero attached hydrogens (tertiary/aromatic N) is 4. The van der Waals surface area contributed by atoms with E-state index in [-0.39, 0.29) is 18.0 Å². The summed E-state index contributed by atoms with van der Waals surface area (Å²) in [5.41, 5.74) is 0.889. The Morgan fingerprint density at radius 1 is 1.23 bits per heavy atom. The van der Waals surface area contributed by atoms with E-state index in [1.165, 1.54) is 0 Å². The third kappa shape index (κ3) is 2.06. The molecule has 2 aliphatic heterocycles. The van der Waals surface area contributed by atoms with Gasteiger partial charge in [-0.3, -0.25) is 4.79 Å². The molecular weight excluding hydrogens is 280 g/mol. The van der Waals surface area contributed by atoms with Crippen LogP contribution < -0.4 is 4.90 Å². The van der Waals surface area contributed by atoms with Crippen molar-refractivity contribution >= 4 is 11.9 Å². The van der Waals surface area contributed by atoms with Gasteiger partial charge in [0.1, 0.15) is 6.04 Å². The minimum atomic E-state index is -0.240. The summed E-state index contributed by atoms with van der Waals surface area (Å²) in [6, 6.07) is 9.71. The van der Waals surface area contributed by atoms with Crippen molar-refractivity contribution < 1.29 is 9.32 Å². The second-order valence-corrected chi connectivity index (χ2v) is 5.92. The first-order valence-corrected chi connectivity index (χ1v) is 7.70. The Bertz CT molecular complexity index is 684. The van der Waals surface area contributed by atoms with Gasteiger partial charge in [0.15, 0.2) is 0 Å². The van der Waals surface area contributed by atoms with E-state index in [0.29, 0.717) is 11.8 Å². The maximum Gasteiger partial charge on any atom is 0.267 e. The molecule has 0 radical (unpaired) electrons. The molecule has 2 fully saturated rings. The summed E-state index contributed by atoms with van der Waals surface area (Å²) in [4.78, 5) is 20.9. The summed E-state index contributed by atoms with van der Waals surface area (Å²) in [5.74, 6) is 1.16. The monoisotopic (exact) mass is 298 g/mol. The Labute approximate surface area is 128 Å². The van der Waals surface area contributed by atoms with Gasteiger partial charge in [-0.2, -0.15) is 4.98 Å². The topological polar surface area (TPSA) is 62.5 Å². The second-order valence-electron chi connectivity index (χ2n) is 5.92. The number of amides is 1. The second kappa shape index (κ2) is 5.12. The SMILES string of the molecule is C[C@@H]1C(=O)N2CCC[C@@H]2CN1c1noc(-c2ccccc2)n1. The molecule has 6 nitrogen and oxygen atoms in total. The van der Waals surface area contributed by atoms with Gasteiger partial charge < -0.3 is 14.3 Å². The minimum Gasteiger partial charge on any atom is -0.336 e. The molecule has 0 spiro atoms. The van der Waals surface area contributed by atoms with Crippen LogP contribution >= 0.6 is 0 Å². The van der Waals surface area contributed by atoms with E-state index >= 15 is 0 Å². The number of fused-ring (bicyclic) bond motifs is 1. The first-order chi connectivity index (χ1) is 10.7. The van der Waals surface area contributed by atoms with Crippen molar-refractivity contribution in [3.63, 3.8) is 0 Å². The Kier molecular flexibility index (Phi) is 3.10. The summed E-state index contributed by atoms with van der Waals surface area (Å²) in [6.45, 7) is 3.57. The third-order valence-electron chi connectivity index (χ3n) is 4.59. The zero-order valence-corrected chi connectivity index (χ0v) is 12.5. The number of aromatic nitrogens is 2. The molecule has 1 aromatic carbocycles. The quantitative estimate of drug-likeness (QED) is 0.848. The third-order valence-corrected chi connectivity index (χ3v) is 4.59. The van der Waals surface area contributed by atoms with Gasteiger partial charge in [-0.15, -0.1) is 0 Å². The molecule has 6 heteroatoms. The molecule has 0 unspecified atom stereocenters. The lowest BCUT2D eigenvalue weighted by Gasteiger charge is -2.40. The number of rotatable bonds is 2. The average molecular weight is 298 g/mol. The number of hydrogen-bond donors (Lipinski definition) is 0. The molecule has 4 rings (SSSR count). The molecule has 0 bridgehead atoms. The van der Waals surface area contributed by atoms with E-state index in [0.717, 1.165) is 31.5 Å². The van der Waals surface area contributed by atoms with E-state index in [9.17, 15) is 4.79 Å². The van der Waals surface area contributed by atoms with E-state index in [1.54, 1.807) is 0 Å². The van der Waals surface area contributed by atoms with Crippen molar-refractivity contribution in [1.82, 2.24) is 15.0 Å². The Morgan fingerprint density at radius 2 is 2.05 bits per heavy atom. The average Bonchev–Trinajstić information content (AvgIpc) is 3.20. The highest BCUT2D eigenvalue weighted by Gasteiger charge is 2.41. The summed E-state index contributed by atoms with van der Waals surface area (Å²) < 4.78 is 5.37. The van der Waals surface area contributed by atoms with Crippen LogP contribution in [0.1, 0.15) is 19.8 Å². The van der Waals surface area contributed by atoms with Crippen molar-refractivity contribution in [2.24, 2.45) is 0 Å². The van der Waals surface area contributed by atoms with E-state index in [2.05, 4.69) is 10.1 Å². The van der Waals surface area contributed by atoms with Crippen LogP contribution in [0.25, 0.3) is 11.5 Å². The van der Waals surface area contributed by atoms with Crippen LogP contribution in [-0.4, -0.2) is 46.1 Å². The van der Waals surface area contributed by atoms with E-state index < -0.39 is 0 Å². The largest absolute Gasteiger partial charge is 0.336 e. The fourth-order valence-corrected chi connectivity index (χ4v) is 3.36.